The molecule has 1 aromatic heterocycles. The predicted molar refractivity (Wildman–Crippen MR) is 74.5 cm³/mol. The van der Waals surface area contributed by atoms with Crippen molar-refractivity contribution in [3.63, 3.8) is 0 Å². The summed E-state index contributed by atoms with van der Waals surface area (Å²) >= 11 is 1.27. The summed E-state index contributed by atoms with van der Waals surface area (Å²) in [6, 6.07) is 12.9. The highest BCUT2D eigenvalue weighted by Gasteiger charge is 2.09. The van der Waals surface area contributed by atoms with E-state index in [1.165, 1.54) is 11.3 Å². The highest BCUT2D eigenvalue weighted by molar-refractivity contribution is 7.13. The molecular weight excluding hydrogens is 260 g/mol. The molecule has 19 heavy (non-hydrogen) atoms. The average Bonchev–Trinajstić information content (AvgIpc) is 2.87. The maximum absolute atomic E-state index is 10.8. The molecule has 0 aliphatic heterocycles. The Hall–Kier alpha value is -2.32. The van der Waals surface area contributed by atoms with Crippen molar-refractivity contribution in [3.05, 3.63) is 51.7 Å². The van der Waals surface area contributed by atoms with Gasteiger partial charge in [-0.25, -0.2) is 4.79 Å². The molecule has 2 rings (SSSR count). The monoisotopic (exact) mass is 272 g/mol. The number of anilines is 1. The van der Waals surface area contributed by atoms with Gasteiger partial charge in [-0.2, -0.15) is 5.26 Å². The zero-order chi connectivity index (χ0) is 13.8. The molecule has 0 spiro atoms. The van der Waals surface area contributed by atoms with Crippen molar-refractivity contribution < 1.29 is 9.90 Å². The van der Waals surface area contributed by atoms with Crippen LogP contribution in [0.1, 0.15) is 20.1 Å². The highest BCUT2D eigenvalue weighted by Crippen LogP contribution is 2.21. The van der Waals surface area contributed by atoms with Gasteiger partial charge in [-0.15, -0.1) is 11.3 Å². The second-order valence-corrected chi connectivity index (χ2v) is 5.26. The van der Waals surface area contributed by atoms with E-state index in [9.17, 15) is 4.79 Å². The van der Waals surface area contributed by atoms with Crippen molar-refractivity contribution in [2.75, 3.05) is 11.9 Å². The summed E-state index contributed by atoms with van der Waals surface area (Å²) in [5.41, 5.74) is 1.55. The number of rotatable bonds is 4. The Morgan fingerprint density at radius 3 is 2.84 bits per heavy atom. The lowest BCUT2D eigenvalue weighted by atomic mass is 10.2. The lowest BCUT2D eigenvalue weighted by Gasteiger charge is -2.18. The summed E-state index contributed by atoms with van der Waals surface area (Å²) in [4.78, 5) is 14.1. The third kappa shape index (κ3) is 3.12. The van der Waals surface area contributed by atoms with Gasteiger partial charge >= 0.3 is 5.97 Å². The number of carbonyl (C=O) groups is 1. The molecule has 0 aliphatic rings. The van der Waals surface area contributed by atoms with Crippen LogP contribution in [0.2, 0.25) is 0 Å². The highest BCUT2D eigenvalue weighted by atomic mass is 32.1. The summed E-state index contributed by atoms with van der Waals surface area (Å²) in [6.45, 7) is 0.618. The maximum Gasteiger partial charge on any atom is 0.345 e. The quantitative estimate of drug-likeness (QED) is 0.929. The normalized spacial score (nSPS) is 9.89. The van der Waals surface area contributed by atoms with E-state index in [2.05, 4.69) is 6.07 Å². The molecule has 2 aromatic rings. The lowest BCUT2D eigenvalue weighted by molar-refractivity contribution is 0.0702. The van der Waals surface area contributed by atoms with Gasteiger partial charge in [0.1, 0.15) is 4.88 Å². The van der Waals surface area contributed by atoms with Crippen molar-refractivity contribution in [2.45, 2.75) is 6.54 Å². The lowest BCUT2D eigenvalue weighted by Crippen LogP contribution is -2.15. The van der Waals surface area contributed by atoms with Crippen LogP contribution >= 0.6 is 11.3 Å². The molecule has 0 bridgehead atoms. The number of carboxylic acid groups (broad SMARTS) is 1. The third-order valence-electron chi connectivity index (χ3n) is 2.68. The van der Waals surface area contributed by atoms with E-state index in [0.717, 1.165) is 10.6 Å². The van der Waals surface area contributed by atoms with Crippen molar-refractivity contribution in [3.8, 4) is 6.07 Å². The molecule has 0 amide bonds. The number of hydrogen-bond acceptors (Lipinski definition) is 4. The zero-order valence-corrected chi connectivity index (χ0v) is 11.1. The molecule has 1 N–H and O–H groups in total. The fourth-order valence-corrected chi connectivity index (χ4v) is 2.62. The summed E-state index contributed by atoms with van der Waals surface area (Å²) in [7, 11) is 1.91. The van der Waals surface area contributed by atoms with E-state index < -0.39 is 5.97 Å². The Labute approximate surface area is 115 Å². The summed E-state index contributed by atoms with van der Waals surface area (Å²) in [6.07, 6.45) is 0. The number of nitrogens with zero attached hydrogens (tertiary/aromatic N) is 2. The topological polar surface area (TPSA) is 64.3 Å². The molecule has 0 unspecified atom stereocenters. The zero-order valence-electron chi connectivity index (χ0n) is 10.3. The number of aromatic carboxylic acids is 1. The molecule has 0 atom stereocenters. The Balaban J connectivity index is 2.13. The molecule has 0 aliphatic carbocycles. The fraction of sp³-hybridized carbons (Fsp3) is 0.143. The molecule has 0 fully saturated rings. The molecule has 96 valence electrons. The predicted octanol–water partition coefficient (Wildman–Crippen LogP) is 2.95. The Morgan fingerprint density at radius 2 is 2.21 bits per heavy atom. The van der Waals surface area contributed by atoms with Crippen molar-refractivity contribution in [1.29, 1.82) is 5.26 Å². The molecule has 1 aromatic carbocycles. The van der Waals surface area contributed by atoms with Crippen LogP contribution < -0.4 is 4.90 Å². The smallest absolute Gasteiger partial charge is 0.345 e. The second-order valence-electron chi connectivity index (χ2n) is 4.09. The minimum atomic E-state index is -0.898. The number of carboxylic acids is 1. The Kier molecular flexibility index (Phi) is 3.83. The molecule has 1 heterocycles. The molecule has 5 heteroatoms. The summed E-state index contributed by atoms with van der Waals surface area (Å²) in [5, 5.41) is 17.7. The largest absolute Gasteiger partial charge is 0.477 e. The van der Waals surface area contributed by atoms with Crippen LogP contribution in [0.3, 0.4) is 0 Å². The molecule has 0 radical (unpaired) electrons. The third-order valence-corrected chi connectivity index (χ3v) is 3.74. The van der Waals surface area contributed by atoms with E-state index >= 15 is 0 Å². The maximum atomic E-state index is 10.8. The van der Waals surface area contributed by atoms with Gasteiger partial charge in [-0.05, 0) is 30.3 Å². The Bertz CT molecular complexity index is 643. The summed E-state index contributed by atoms with van der Waals surface area (Å²) in [5.74, 6) is -0.898. The van der Waals surface area contributed by atoms with Gasteiger partial charge in [0.2, 0.25) is 0 Å². The Morgan fingerprint density at radius 1 is 1.42 bits per heavy atom. The van der Waals surface area contributed by atoms with Crippen LogP contribution in [0.25, 0.3) is 0 Å². The van der Waals surface area contributed by atoms with Crippen LogP contribution in [-0.4, -0.2) is 18.1 Å². The van der Waals surface area contributed by atoms with Gasteiger partial charge in [0, 0.05) is 17.6 Å². The molecule has 0 saturated carbocycles. The first-order chi connectivity index (χ1) is 9.10. The van der Waals surface area contributed by atoms with Crippen LogP contribution in [-0.2, 0) is 6.54 Å². The fourth-order valence-electron chi connectivity index (χ4n) is 1.72. The van der Waals surface area contributed by atoms with Crippen molar-refractivity contribution >= 4 is 23.0 Å². The SMILES string of the molecule is CN(Cc1ccc(C(=O)O)s1)c1cccc(C#N)c1. The van der Waals surface area contributed by atoms with Gasteiger partial charge in [0.15, 0.2) is 0 Å². The van der Waals surface area contributed by atoms with E-state index in [-0.39, 0.29) is 0 Å². The van der Waals surface area contributed by atoms with E-state index in [1.54, 1.807) is 12.1 Å². The first kappa shape index (κ1) is 13.1. The molecule has 4 nitrogen and oxygen atoms in total. The standard InChI is InChI=1S/C14H12N2O2S/c1-16(11-4-2-3-10(7-11)8-15)9-12-5-6-13(19-12)14(17)18/h2-7H,9H2,1H3,(H,17,18). The van der Waals surface area contributed by atoms with Crippen LogP contribution in [0, 0.1) is 11.3 Å². The number of benzene rings is 1. The summed E-state index contributed by atoms with van der Waals surface area (Å²) < 4.78 is 0. The molecule has 0 saturated heterocycles. The van der Waals surface area contributed by atoms with Crippen LogP contribution in [0.4, 0.5) is 5.69 Å². The van der Waals surface area contributed by atoms with Crippen molar-refractivity contribution in [2.24, 2.45) is 0 Å². The van der Waals surface area contributed by atoms with Gasteiger partial charge < -0.3 is 10.0 Å². The number of hydrogen-bond donors (Lipinski definition) is 1. The van der Waals surface area contributed by atoms with Gasteiger partial charge in [-0.3, -0.25) is 0 Å². The first-order valence-corrected chi connectivity index (χ1v) is 6.45. The van der Waals surface area contributed by atoms with Gasteiger partial charge in [0.05, 0.1) is 18.2 Å². The van der Waals surface area contributed by atoms with Gasteiger partial charge in [0.25, 0.3) is 0 Å². The average molecular weight is 272 g/mol. The van der Waals surface area contributed by atoms with E-state index in [0.29, 0.717) is 17.0 Å². The van der Waals surface area contributed by atoms with E-state index in [1.807, 2.05) is 36.2 Å². The number of thiophene rings is 1. The minimum Gasteiger partial charge on any atom is -0.477 e. The molecular formula is C14H12N2O2S. The first-order valence-electron chi connectivity index (χ1n) is 5.63. The second kappa shape index (κ2) is 5.55. The van der Waals surface area contributed by atoms with E-state index in [4.69, 9.17) is 10.4 Å². The number of nitriles is 1. The van der Waals surface area contributed by atoms with Crippen LogP contribution in [0.5, 0.6) is 0 Å². The minimum absolute atomic E-state index is 0.342. The van der Waals surface area contributed by atoms with Crippen molar-refractivity contribution in [1.82, 2.24) is 0 Å². The van der Waals surface area contributed by atoms with Crippen LogP contribution in [0.15, 0.2) is 36.4 Å². The van der Waals surface area contributed by atoms with Gasteiger partial charge in [-0.1, -0.05) is 6.07 Å².